The average molecular weight is 440 g/mol. The van der Waals surface area contributed by atoms with Gasteiger partial charge in [0, 0.05) is 23.0 Å². The van der Waals surface area contributed by atoms with Crippen LogP contribution in [0.1, 0.15) is 52.1 Å². The molecule has 3 aromatic rings. The number of amides is 2. The van der Waals surface area contributed by atoms with Crippen molar-refractivity contribution in [1.29, 1.82) is 0 Å². The molecule has 2 saturated heterocycles. The zero-order valence-corrected chi connectivity index (χ0v) is 18.2. The molecule has 0 aliphatic carbocycles. The number of fused-ring (bicyclic) bond motifs is 1. The predicted molar refractivity (Wildman–Crippen MR) is 122 cm³/mol. The summed E-state index contributed by atoms with van der Waals surface area (Å²) in [5.41, 5.74) is 1.33. The van der Waals surface area contributed by atoms with Crippen LogP contribution in [0.2, 0.25) is 0 Å². The number of nitrogens with zero attached hydrogens (tertiary/aromatic N) is 1. The van der Waals surface area contributed by atoms with Crippen LogP contribution >= 0.6 is 0 Å². The standard InChI is InChI=1S/C27H24N2O4/c1-27-16-21(20-14-8-9-15-22(20)33-25(32)19-12-6-3-7-13-19)29(26(27)28-23(30)17-27)24(31)18-10-4-2-5-11-18/h2-15,21,26H,16-17H2,1H3,(H,28,30)/t21-,26+,27-/m1/s1. The van der Waals surface area contributed by atoms with E-state index in [4.69, 9.17) is 4.74 Å². The highest BCUT2D eigenvalue weighted by Crippen LogP contribution is 2.53. The number of nitrogens with one attached hydrogen (secondary N) is 1. The van der Waals surface area contributed by atoms with Gasteiger partial charge in [-0.15, -0.1) is 0 Å². The van der Waals surface area contributed by atoms with Crippen LogP contribution in [0, 0.1) is 5.41 Å². The maximum absolute atomic E-state index is 13.6. The van der Waals surface area contributed by atoms with Gasteiger partial charge in [-0.25, -0.2) is 4.79 Å². The number of hydrogen-bond acceptors (Lipinski definition) is 4. The minimum Gasteiger partial charge on any atom is -0.423 e. The summed E-state index contributed by atoms with van der Waals surface area (Å²) in [5.74, 6) is -0.268. The van der Waals surface area contributed by atoms with Gasteiger partial charge in [-0.2, -0.15) is 0 Å². The molecule has 2 fully saturated rings. The van der Waals surface area contributed by atoms with Crippen LogP contribution in [-0.4, -0.2) is 28.8 Å². The number of para-hydroxylation sites is 1. The Morgan fingerprint density at radius 2 is 1.52 bits per heavy atom. The molecule has 3 atom stereocenters. The first-order chi connectivity index (χ1) is 16.0. The summed E-state index contributed by atoms with van der Waals surface area (Å²) in [6.07, 6.45) is 0.494. The molecular formula is C27H24N2O4. The van der Waals surface area contributed by atoms with E-state index in [-0.39, 0.29) is 17.9 Å². The van der Waals surface area contributed by atoms with E-state index in [0.717, 1.165) is 5.56 Å². The van der Waals surface area contributed by atoms with E-state index in [1.54, 1.807) is 53.4 Å². The van der Waals surface area contributed by atoms with Crippen molar-refractivity contribution in [2.24, 2.45) is 5.41 Å². The Morgan fingerprint density at radius 3 is 2.21 bits per heavy atom. The van der Waals surface area contributed by atoms with Gasteiger partial charge in [0.05, 0.1) is 11.6 Å². The van der Waals surface area contributed by atoms with Crippen molar-refractivity contribution in [1.82, 2.24) is 10.2 Å². The van der Waals surface area contributed by atoms with Crippen molar-refractivity contribution in [3.05, 3.63) is 102 Å². The van der Waals surface area contributed by atoms with Crippen molar-refractivity contribution in [2.45, 2.75) is 32.0 Å². The molecule has 2 heterocycles. The summed E-state index contributed by atoms with van der Waals surface area (Å²) < 4.78 is 5.79. The predicted octanol–water partition coefficient (Wildman–Crippen LogP) is 4.35. The van der Waals surface area contributed by atoms with Crippen molar-refractivity contribution in [3.63, 3.8) is 0 Å². The Hall–Kier alpha value is -3.93. The van der Waals surface area contributed by atoms with E-state index >= 15 is 0 Å². The Labute approximate surface area is 192 Å². The molecule has 0 spiro atoms. The van der Waals surface area contributed by atoms with E-state index in [1.807, 2.05) is 43.3 Å². The van der Waals surface area contributed by atoms with Crippen molar-refractivity contribution < 1.29 is 19.1 Å². The van der Waals surface area contributed by atoms with E-state index < -0.39 is 17.6 Å². The van der Waals surface area contributed by atoms with E-state index in [1.165, 1.54) is 0 Å². The molecule has 2 aliphatic rings. The van der Waals surface area contributed by atoms with Gasteiger partial charge in [-0.05, 0) is 36.8 Å². The maximum Gasteiger partial charge on any atom is 0.343 e. The SMILES string of the molecule is C[C@@]12CC(=O)N[C@H]1N(C(=O)c1ccccc1)[C@@H](c1ccccc1OC(=O)c1ccccc1)C2. The van der Waals surface area contributed by atoms with Gasteiger partial charge in [0.1, 0.15) is 11.9 Å². The molecule has 2 aliphatic heterocycles. The van der Waals surface area contributed by atoms with Crippen LogP contribution in [0.15, 0.2) is 84.9 Å². The fraction of sp³-hybridized carbons (Fsp3) is 0.222. The van der Waals surface area contributed by atoms with E-state index in [9.17, 15) is 14.4 Å². The molecule has 0 saturated carbocycles. The average Bonchev–Trinajstić information content (AvgIpc) is 3.28. The highest BCUT2D eigenvalue weighted by molar-refractivity contribution is 5.96. The Bertz CT molecular complexity index is 1210. The minimum absolute atomic E-state index is 0.0596. The maximum atomic E-state index is 13.6. The number of hydrogen-bond donors (Lipinski definition) is 1. The number of rotatable bonds is 4. The van der Waals surface area contributed by atoms with Crippen LogP contribution in [0.4, 0.5) is 0 Å². The monoisotopic (exact) mass is 440 g/mol. The van der Waals surface area contributed by atoms with Gasteiger partial charge >= 0.3 is 5.97 Å². The van der Waals surface area contributed by atoms with Crippen molar-refractivity contribution in [2.75, 3.05) is 0 Å². The van der Waals surface area contributed by atoms with Crippen molar-refractivity contribution in [3.8, 4) is 5.75 Å². The topological polar surface area (TPSA) is 75.7 Å². The fourth-order valence-corrected chi connectivity index (χ4v) is 4.98. The van der Waals surface area contributed by atoms with Crippen LogP contribution in [-0.2, 0) is 4.79 Å². The molecule has 6 heteroatoms. The van der Waals surface area contributed by atoms with Crippen LogP contribution < -0.4 is 10.1 Å². The number of esters is 1. The Morgan fingerprint density at radius 1 is 0.909 bits per heavy atom. The summed E-state index contributed by atoms with van der Waals surface area (Å²) in [7, 11) is 0. The van der Waals surface area contributed by atoms with Crippen LogP contribution in [0.3, 0.4) is 0 Å². The normalized spacial score (nSPS) is 23.7. The second kappa shape index (κ2) is 8.20. The van der Waals surface area contributed by atoms with E-state index in [0.29, 0.717) is 29.7 Å². The first-order valence-electron chi connectivity index (χ1n) is 11.0. The molecular weight excluding hydrogens is 416 g/mol. The lowest BCUT2D eigenvalue weighted by molar-refractivity contribution is -0.120. The fourth-order valence-electron chi connectivity index (χ4n) is 4.98. The third kappa shape index (κ3) is 3.78. The molecule has 33 heavy (non-hydrogen) atoms. The minimum atomic E-state index is -0.457. The first-order valence-corrected chi connectivity index (χ1v) is 11.0. The van der Waals surface area contributed by atoms with Gasteiger partial charge in [-0.3, -0.25) is 9.59 Å². The highest BCUT2D eigenvalue weighted by Gasteiger charge is 2.57. The molecule has 2 amide bonds. The summed E-state index contributed by atoms with van der Waals surface area (Å²) in [4.78, 5) is 40.4. The number of ether oxygens (including phenoxy) is 1. The van der Waals surface area contributed by atoms with Crippen LogP contribution in [0.5, 0.6) is 5.75 Å². The zero-order chi connectivity index (χ0) is 23.0. The molecule has 0 aromatic heterocycles. The first kappa shape index (κ1) is 20.9. The second-order valence-electron chi connectivity index (χ2n) is 8.89. The van der Waals surface area contributed by atoms with Gasteiger partial charge in [-0.1, -0.05) is 61.5 Å². The Kier molecular flexibility index (Phi) is 5.21. The quantitative estimate of drug-likeness (QED) is 0.484. The molecule has 0 radical (unpaired) electrons. The molecule has 0 unspecified atom stereocenters. The molecule has 1 N–H and O–H groups in total. The summed E-state index contributed by atoms with van der Waals surface area (Å²) in [6.45, 7) is 2.03. The van der Waals surface area contributed by atoms with Gasteiger partial charge in [0.2, 0.25) is 5.91 Å². The largest absolute Gasteiger partial charge is 0.423 e. The number of benzene rings is 3. The highest BCUT2D eigenvalue weighted by atomic mass is 16.5. The second-order valence-corrected chi connectivity index (χ2v) is 8.89. The zero-order valence-electron chi connectivity index (χ0n) is 18.2. The van der Waals surface area contributed by atoms with Crippen molar-refractivity contribution >= 4 is 17.8 Å². The molecule has 0 bridgehead atoms. The number of likely N-dealkylation sites (tertiary alicyclic amines) is 1. The number of carbonyl (C=O) groups excluding carboxylic acids is 3. The third-order valence-electron chi connectivity index (χ3n) is 6.54. The molecule has 166 valence electrons. The third-order valence-corrected chi connectivity index (χ3v) is 6.54. The smallest absolute Gasteiger partial charge is 0.343 e. The lowest BCUT2D eigenvalue weighted by atomic mass is 9.83. The summed E-state index contributed by atoms with van der Waals surface area (Å²) in [5, 5.41) is 3.00. The summed E-state index contributed by atoms with van der Waals surface area (Å²) in [6, 6.07) is 24.8. The van der Waals surface area contributed by atoms with Gasteiger partial charge < -0.3 is 15.0 Å². The van der Waals surface area contributed by atoms with Crippen LogP contribution in [0.25, 0.3) is 0 Å². The van der Waals surface area contributed by atoms with Gasteiger partial charge in [0.15, 0.2) is 0 Å². The Balaban J connectivity index is 1.53. The molecule has 6 nitrogen and oxygen atoms in total. The summed E-state index contributed by atoms with van der Waals surface area (Å²) >= 11 is 0. The molecule has 5 rings (SSSR count). The lowest BCUT2D eigenvalue weighted by Gasteiger charge is -2.32. The van der Waals surface area contributed by atoms with E-state index in [2.05, 4.69) is 5.32 Å². The lowest BCUT2D eigenvalue weighted by Crippen LogP contribution is -2.47. The number of carbonyl (C=O) groups is 3. The molecule has 3 aromatic carbocycles. The van der Waals surface area contributed by atoms with Gasteiger partial charge in [0.25, 0.3) is 5.91 Å².